The van der Waals surface area contributed by atoms with Crippen LogP contribution in [0.1, 0.15) is 48.7 Å². The lowest BCUT2D eigenvalue weighted by atomic mass is 9.97. The highest BCUT2D eigenvalue weighted by atomic mass is 16.1. The first-order valence-electron chi connectivity index (χ1n) is 7.14. The molecular weight excluding hydrogens is 234 g/mol. The summed E-state index contributed by atoms with van der Waals surface area (Å²) in [6.45, 7) is 11.4. The van der Waals surface area contributed by atoms with Gasteiger partial charge in [-0.15, -0.1) is 0 Å². The Morgan fingerprint density at radius 1 is 1.21 bits per heavy atom. The first-order chi connectivity index (χ1) is 8.82. The number of carbonyl (C=O) groups is 1. The van der Waals surface area contributed by atoms with E-state index in [-0.39, 0.29) is 11.8 Å². The van der Waals surface area contributed by atoms with Gasteiger partial charge in [0.05, 0.1) is 6.04 Å². The van der Waals surface area contributed by atoms with Gasteiger partial charge in [0.1, 0.15) is 0 Å². The normalized spacial score (nSPS) is 13.1. The molecule has 0 fully saturated rings. The first-order valence-corrected chi connectivity index (χ1v) is 7.14. The standard InChI is InChI=1S/C17H27NO/c1-12(2)9-10-18(6)15(5)17(19)16-11-13(3)7-8-14(16)4/h7-8,11-12,15H,9-10H2,1-6H3. The maximum Gasteiger partial charge on any atom is 0.179 e. The van der Waals surface area contributed by atoms with Crippen molar-refractivity contribution in [3.8, 4) is 0 Å². The van der Waals surface area contributed by atoms with Gasteiger partial charge in [0.25, 0.3) is 0 Å². The van der Waals surface area contributed by atoms with Crippen LogP contribution in [0.5, 0.6) is 0 Å². The third-order valence-corrected chi connectivity index (χ3v) is 3.76. The largest absolute Gasteiger partial charge is 0.297 e. The molecule has 0 aliphatic carbocycles. The fourth-order valence-corrected chi connectivity index (χ4v) is 2.08. The quantitative estimate of drug-likeness (QED) is 0.725. The van der Waals surface area contributed by atoms with Crippen LogP contribution >= 0.6 is 0 Å². The van der Waals surface area contributed by atoms with Crippen molar-refractivity contribution in [3.63, 3.8) is 0 Å². The van der Waals surface area contributed by atoms with Gasteiger partial charge >= 0.3 is 0 Å². The zero-order chi connectivity index (χ0) is 14.6. The summed E-state index contributed by atoms with van der Waals surface area (Å²) in [7, 11) is 2.04. The van der Waals surface area contributed by atoms with Crippen molar-refractivity contribution in [1.29, 1.82) is 0 Å². The van der Waals surface area contributed by atoms with Gasteiger partial charge in [-0.25, -0.2) is 0 Å². The van der Waals surface area contributed by atoms with E-state index in [2.05, 4.69) is 24.8 Å². The van der Waals surface area contributed by atoms with Gasteiger partial charge in [-0.3, -0.25) is 9.69 Å². The van der Waals surface area contributed by atoms with Crippen molar-refractivity contribution in [2.75, 3.05) is 13.6 Å². The van der Waals surface area contributed by atoms with Crippen LogP contribution < -0.4 is 0 Å². The number of hydrogen-bond donors (Lipinski definition) is 0. The van der Waals surface area contributed by atoms with Crippen molar-refractivity contribution < 1.29 is 4.79 Å². The van der Waals surface area contributed by atoms with Crippen LogP contribution in [0.25, 0.3) is 0 Å². The van der Waals surface area contributed by atoms with E-state index in [1.807, 2.05) is 40.0 Å². The lowest BCUT2D eigenvalue weighted by Gasteiger charge is -2.25. The number of likely N-dealkylation sites (N-methyl/N-ethyl adjacent to an activating group) is 1. The molecule has 1 aromatic rings. The SMILES string of the molecule is Cc1ccc(C)c(C(=O)C(C)N(C)CCC(C)C)c1. The highest BCUT2D eigenvalue weighted by molar-refractivity contribution is 6.01. The van der Waals surface area contributed by atoms with E-state index in [0.29, 0.717) is 5.92 Å². The van der Waals surface area contributed by atoms with Crippen LogP contribution in [-0.4, -0.2) is 30.3 Å². The second-order valence-electron chi connectivity index (χ2n) is 6.02. The summed E-state index contributed by atoms with van der Waals surface area (Å²) >= 11 is 0. The lowest BCUT2D eigenvalue weighted by molar-refractivity contribution is 0.0863. The maximum absolute atomic E-state index is 12.6. The van der Waals surface area contributed by atoms with E-state index < -0.39 is 0 Å². The zero-order valence-corrected chi connectivity index (χ0v) is 13.2. The number of carbonyl (C=O) groups excluding carboxylic acids is 1. The van der Waals surface area contributed by atoms with E-state index in [0.717, 1.165) is 29.7 Å². The average Bonchev–Trinajstić information content (AvgIpc) is 2.37. The van der Waals surface area contributed by atoms with Gasteiger partial charge in [0, 0.05) is 5.56 Å². The Bertz CT molecular complexity index is 437. The van der Waals surface area contributed by atoms with Crippen LogP contribution in [-0.2, 0) is 0 Å². The van der Waals surface area contributed by atoms with Gasteiger partial charge in [0.15, 0.2) is 5.78 Å². The second-order valence-corrected chi connectivity index (χ2v) is 6.02. The van der Waals surface area contributed by atoms with E-state index in [1.54, 1.807) is 0 Å². The molecule has 19 heavy (non-hydrogen) atoms. The van der Waals surface area contributed by atoms with Crippen LogP contribution in [0.2, 0.25) is 0 Å². The van der Waals surface area contributed by atoms with Crippen molar-refractivity contribution >= 4 is 5.78 Å². The molecule has 0 aromatic heterocycles. The molecular formula is C17H27NO. The number of benzene rings is 1. The Morgan fingerprint density at radius 2 is 1.84 bits per heavy atom. The van der Waals surface area contributed by atoms with Crippen LogP contribution in [0.15, 0.2) is 18.2 Å². The van der Waals surface area contributed by atoms with Gasteiger partial charge in [-0.2, -0.15) is 0 Å². The Hall–Kier alpha value is -1.15. The minimum absolute atomic E-state index is 0.0563. The molecule has 1 atom stereocenters. The number of Topliss-reactive ketones (excluding diaryl/α,β-unsaturated/α-hetero) is 1. The Kier molecular flexibility index (Phi) is 5.74. The fraction of sp³-hybridized carbons (Fsp3) is 0.588. The van der Waals surface area contributed by atoms with Gasteiger partial charge in [-0.1, -0.05) is 31.5 Å². The van der Waals surface area contributed by atoms with Crippen LogP contribution in [0.4, 0.5) is 0 Å². The maximum atomic E-state index is 12.6. The third kappa shape index (κ3) is 4.46. The molecule has 0 radical (unpaired) electrons. The predicted molar refractivity (Wildman–Crippen MR) is 81.8 cm³/mol. The van der Waals surface area contributed by atoms with Crippen molar-refractivity contribution in [2.24, 2.45) is 5.92 Å². The Balaban J connectivity index is 2.78. The van der Waals surface area contributed by atoms with Crippen LogP contribution in [0, 0.1) is 19.8 Å². The molecule has 1 aromatic carbocycles. The lowest BCUT2D eigenvalue weighted by Crippen LogP contribution is -2.37. The van der Waals surface area contributed by atoms with Crippen LogP contribution in [0.3, 0.4) is 0 Å². The number of ketones is 1. The first kappa shape index (κ1) is 15.9. The summed E-state index contributed by atoms with van der Waals surface area (Å²) < 4.78 is 0. The molecule has 0 saturated heterocycles. The molecule has 2 heteroatoms. The summed E-state index contributed by atoms with van der Waals surface area (Å²) in [5, 5.41) is 0. The highest BCUT2D eigenvalue weighted by Gasteiger charge is 2.21. The topological polar surface area (TPSA) is 20.3 Å². The summed E-state index contributed by atoms with van der Waals surface area (Å²) in [5.41, 5.74) is 3.08. The van der Waals surface area contributed by atoms with Gasteiger partial charge in [-0.05, 0) is 58.3 Å². The summed E-state index contributed by atoms with van der Waals surface area (Å²) in [4.78, 5) is 14.7. The van der Waals surface area contributed by atoms with Crippen molar-refractivity contribution in [1.82, 2.24) is 4.90 Å². The average molecular weight is 261 g/mol. The molecule has 0 saturated carbocycles. The molecule has 0 bridgehead atoms. The number of aryl methyl sites for hydroxylation is 2. The number of rotatable bonds is 6. The van der Waals surface area contributed by atoms with Gasteiger partial charge < -0.3 is 0 Å². The fourth-order valence-electron chi connectivity index (χ4n) is 2.08. The summed E-state index contributed by atoms with van der Waals surface area (Å²) in [5.74, 6) is 0.901. The molecule has 106 valence electrons. The van der Waals surface area contributed by atoms with E-state index in [9.17, 15) is 4.79 Å². The molecule has 1 rings (SSSR count). The molecule has 0 amide bonds. The van der Waals surface area contributed by atoms with Crippen molar-refractivity contribution in [2.45, 2.75) is 47.1 Å². The minimum atomic E-state index is -0.0563. The molecule has 0 heterocycles. The number of nitrogens with zero attached hydrogens (tertiary/aromatic N) is 1. The molecule has 0 aliphatic heterocycles. The molecule has 1 unspecified atom stereocenters. The minimum Gasteiger partial charge on any atom is -0.297 e. The monoisotopic (exact) mass is 261 g/mol. The number of hydrogen-bond acceptors (Lipinski definition) is 2. The smallest absolute Gasteiger partial charge is 0.179 e. The molecule has 0 N–H and O–H groups in total. The van der Waals surface area contributed by atoms with E-state index >= 15 is 0 Å². The molecule has 0 aliphatic rings. The van der Waals surface area contributed by atoms with Gasteiger partial charge in [0.2, 0.25) is 0 Å². The molecule has 2 nitrogen and oxygen atoms in total. The van der Waals surface area contributed by atoms with E-state index in [1.165, 1.54) is 0 Å². The third-order valence-electron chi connectivity index (χ3n) is 3.76. The Labute approximate surface area is 117 Å². The second kappa shape index (κ2) is 6.85. The predicted octanol–water partition coefficient (Wildman–Crippen LogP) is 3.85. The van der Waals surface area contributed by atoms with E-state index in [4.69, 9.17) is 0 Å². The highest BCUT2D eigenvalue weighted by Crippen LogP contribution is 2.15. The summed E-state index contributed by atoms with van der Waals surface area (Å²) in [6, 6.07) is 6.03. The van der Waals surface area contributed by atoms with Crippen molar-refractivity contribution in [3.05, 3.63) is 34.9 Å². The zero-order valence-electron chi connectivity index (χ0n) is 13.2. The Morgan fingerprint density at radius 3 is 2.42 bits per heavy atom. The summed E-state index contributed by atoms with van der Waals surface area (Å²) in [6.07, 6.45) is 1.13. The molecule has 0 spiro atoms.